The van der Waals surface area contributed by atoms with Crippen LogP contribution in [0.5, 0.6) is 0 Å². The Morgan fingerprint density at radius 1 is 1.04 bits per heavy atom. The molecule has 0 unspecified atom stereocenters. The molecule has 0 aromatic carbocycles. The molecule has 0 amide bonds. The molecular formula is C6H8F6N3O6S2+. The van der Waals surface area contributed by atoms with Gasteiger partial charge in [0.05, 0.1) is 0 Å². The molecule has 0 aliphatic heterocycles. The third-order valence-corrected chi connectivity index (χ3v) is 4.82. The summed E-state index contributed by atoms with van der Waals surface area (Å²) in [6.45, 7) is 1.58. The SMILES string of the molecule is Cc1n(O)cc[n+]1O.O=S(=O)(NS(=O)(=O)C(F)(F)F)C(F)(F)F. The van der Waals surface area contributed by atoms with Gasteiger partial charge in [-0.1, -0.05) is 4.13 Å². The number of aromatic nitrogens is 2. The Bertz CT molecular complexity index is 687. The van der Waals surface area contributed by atoms with E-state index in [1.54, 1.807) is 6.92 Å². The van der Waals surface area contributed by atoms with Crippen molar-refractivity contribution in [2.75, 3.05) is 0 Å². The number of sulfonamides is 2. The van der Waals surface area contributed by atoms with E-state index in [0.717, 1.165) is 9.46 Å². The fourth-order valence-electron chi connectivity index (χ4n) is 0.686. The molecule has 1 aromatic rings. The van der Waals surface area contributed by atoms with Gasteiger partial charge >= 0.3 is 36.9 Å². The predicted molar refractivity (Wildman–Crippen MR) is 56.8 cm³/mol. The average Bonchev–Trinajstić information content (AvgIpc) is 2.57. The molecule has 3 N–H and O–H groups in total. The van der Waals surface area contributed by atoms with Crippen molar-refractivity contribution in [2.45, 2.75) is 17.9 Å². The van der Waals surface area contributed by atoms with E-state index < -0.39 is 35.2 Å². The van der Waals surface area contributed by atoms with Gasteiger partial charge in [0.25, 0.3) is 0 Å². The van der Waals surface area contributed by atoms with Crippen LogP contribution in [0.4, 0.5) is 26.3 Å². The van der Waals surface area contributed by atoms with E-state index in [1.165, 1.54) is 12.4 Å². The molecule has 0 radical (unpaired) electrons. The Hall–Kier alpha value is -1.75. The lowest BCUT2D eigenvalue weighted by Crippen LogP contribution is -2.45. The number of nitrogens with one attached hydrogen (secondary N) is 1. The minimum absolute atomic E-state index is 0.380. The zero-order chi connectivity index (χ0) is 18.9. The number of hydrogen-bond donors (Lipinski definition) is 3. The summed E-state index contributed by atoms with van der Waals surface area (Å²) in [5, 5.41) is 17.4. The Labute approximate surface area is 124 Å². The predicted octanol–water partition coefficient (Wildman–Crippen LogP) is -0.166. The van der Waals surface area contributed by atoms with Gasteiger partial charge in [-0.2, -0.15) is 26.3 Å². The summed E-state index contributed by atoms with van der Waals surface area (Å²) < 4.78 is 110. The topological polar surface area (TPSA) is 130 Å². The fraction of sp³-hybridized carbons (Fsp3) is 0.500. The largest absolute Gasteiger partial charge is 0.512 e. The molecule has 1 rings (SSSR count). The minimum atomic E-state index is -6.60. The summed E-state index contributed by atoms with van der Waals surface area (Å²) in [5.74, 6) is 0.380. The summed E-state index contributed by atoms with van der Waals surface area (Å²) in [6.07, 6.45) is 2.69. The van der Waals surface area contributed by atoms with Crippen LogP contribution in [-0.4, -0.2) is 43.0 Å². The molecule has 1 heterocycles. The van der Waals surface area contributed by atoms with Gasteiger partial charge in [-0.3, -0.25) is 0 Å². The van der Waals surface area contributed by atoms with Crippen LogP contribution in [0.1, 0.15) is 5.82 Å². The quantitative estimate of drug-likeness (QED) is 0.362. The standard InChI is InChI=1S/C4H7N2O2.C2HF6NO4S2/c1-4-5(7)2-3-6(4)8;3-1(4,5)14(10,11)9-15(12,13)2(6,7)8/h2-3,7-8H,1H3;9H/q+1;. The van der Waals surface area contributed by atoms with Gasteiger partial charge in [0.1, 0.15) is 0 Å². The highest BCUT2D eigenvalue weighted by Crippen LogP contribution is 2.27. The normalized spacial score (nSPS) is 13.3. The van der Waals surface area contributed by atoms with Gasteiger partial charge in [-0.25, -0.2) is 16.8 Å². The maximum atomic E-state index is 11.5. The smallest absolute Gasteiger partial charge is 0.350 e. The molecule has 17 heteroatoms. The van der Waals surface area contributed by atoms with Crippen molar-refractivity contribution in [1.29, 1.82) is 0 Å². The Morgan fingerprint density at radius 2 is 1.39 bits per heavy atom. The first kappa shape index (κ1) is 21.2. The van der Waals surface area contributed by atoms with Crippen molar-refractivity contribution in [3.05, 3.63) is 18.2 Å². The van der Waals surface area contributed by atoms with Crippen LogP contribution >= 0.6 is 0 Å². The van der Waals surface area contributed by atoms with Crippen LogP contribution in [-0.2, 0) is 20.0 Å². The second kappa shape index (κ2) is 6.40. The monoisotopic (exact) mass is 396 g/mol. The maximum absolute atomic E-state index is 11.5. The van der Waals surface area contributed by atoms with Crippen molar-refractivity contribution < 1.29 is 58.3 Å². The number of alkyl halides is 6. The van der Waals surface area contributed by atoms with Crippen LogP contribution in [0.3, 0.4) is 0 Å². The van der Waals surface area contributed by atoms with E-state index in [-0.39, 0.29) is 0 Å². The molecular weight excluding hydrogens is 388 g/mol. The zero-order valence-corrected chi connectivity index (χ0v) is 12.3. The molecule has 23 heavy (non-hydrogen) atoms. The first-order valence-electron chi connectivity index (χ1n) is 4.81. The molecule has 0 bridgehead atoms. The summed E-state index contributed by atoms with van der Waals surface area (Å²) in [6, 6.07) is 0. The number of rotatable bonds is 2. The van der Waals surface area contributed by atoms with Crippen LogP contribution in [0.25, 0.3) is 0 Å². The van der Waals surface area contributed by atoms with E-state index in [2.05, 4.69) is 0 Å². The highest BCUT2D eigenvalue weighted by molar-refractivity contribution is 8.05. The Kier molecular flexibility index (Phi) is 5.91. The number of nitrogens with zero attached hydrogens (tertiary/aromatic N) is 2. The van der Waals surface area contributed by atoms with Gasteiger partial charge in [-0.15, -0.1) is 0 Å². The lowest BCUT2D eigenvalue weighted by Gasteiger charge is -2.11. The van der Waals surface area contributed by atoms with Crippen molar-refractivity contribution in [3.8, 4) is 0 Å². The van der Waals surface area contributed by atoms with Crippen molar-refractivity contribution in [2.24, 2.45) is 0 Å². The van der Waals surface area contributed by atoms with Crippen molar-refractivity contribution in [3.63, 3.8) is 0 Å². The number of hydrogen-bond acceptors (Lipinski definition) is 6. The summed E-state index contributed by atoms with van der Waals surface area (Å²) >= 11 is 0. The summed E-state index contributed by atoms with van der Waals surface area (Å²) in [7, 11) is -13.2. The fourth-order valence-corrected chi connectivity index (χ4v) is 2.60. The first-order valence-corrected chi connectivity index (χ1v) is 7.78. The van der Waals surface area contributed by atoms with Gasteiger partial charge in [0.15, 0.2) is 12.4 Å². The zero-order valence-electron chi connectivity index (χ0n) is 10.7. The third kappa shape index (κ3) is 5.43. The molecule has 0 aliphatic carbocycles. The number of halogens is 6. The van der Waals surface area contributed by atoms with Gasteiger partial charge in [0, 0.05) is 6.92 Å². The van der Waals surface area contributed by atoms with Gasteiger partial charge in [0.2, 0.25) is 0 Å². The van der Waals surface area contributed by atoms with E-state index in [4.69, 9.17) is 10.4 Å². The minimum Gasteiger partial charge on any atom is -0.350 e. The molecule has 0 atom stereocenters. The van der Waals surface area contributed by atoms with Crippen LogP contribution in [0, 0.1) is 6.92 Å². The van der Waals surface area contributed by atoms with E-state index in [9.17, 15) is 43.2 Å². The van der Waals surface area contributed by atoms with Crippen LogP contribution in [0.15, 0.2) is 12.4 Å². The lowest BCUT2D eigenvalue weighted by atomic mass is 10.7. The first-order chi connectivity index (χ1) is 9.92. The average molecular weight is 396 g/mol. The summed E-state index contributed by atoms with van der Waals surface area (Å²) in [4.78, 5) is 0. The molecule has 9 nitrogen and oxygen atoms in total. The highest BCUT2D eigenvalue weighted by Gasteiger charge is 2.55. The van der Waals surface area contributed by atoms with E-state index >= 15 is 0 Å². The van der Waals surface area contributed by atoms with E-state index in [1.807, 2.05) is 0 Å². The van der Waals surface area contributed by atoms with Crippen LogP contribution < -0.4 is 8.86 Å². The van der Waals surface area contributed by atoms with Gasteiger partial charge in [-0.05, 0) is 9.46 Å². The van der Waals surface area contributed by atoms with E-state index in [0.29, 0.717) is 5.82 Å². The third-order valence-electron chi connectivity index (χ3n) is 1.84. The molecule has 136 valence electrons. The Morgan fingerprint density at radius 3 is 1.52 bits per heavy atom. The molecule has 0 aliphatic rings. The van der Waals surface area contributed by atoms with Gasteiger partial charge < -0.3 is 10.4 Å². The highest BCUT2D eigenvalue weighted by atomic mass is 32.3. The molecule has 1 aromatic heterocycles. The molecule has 0 saturated heterocycles. The van der Waals surface area contributed by atoms with Crippen molar-refractivity contribution >= 4 is 20.0 Å². The Balaban J connectivity index is 0.000000502. The maximum Gasteiger partial charge on any atom is 0.512 e. The number of imidazole rings is 1. The lowest BCUT2D eigenvalue weighted by molar-refractivity contribution is -0.909. The van der Waals surface area contributed by atoms with Crippen molar-refractivity contribution in [1.82, 2.24) is 8.86 Å². The molecule has 0 fully saturated rings. The second-order valence-corrected chi connectivity index (χ2v) is 7.12. The summed E-state index contributed by atoms with van der Waals surface area (Å²) in [5.41, 5.74) is -12.3. The van der Waals surface area contributed by atoms with Crippen LogP contribution in [0.2, 0.25) is 0 Å². The molecule has 0 spiro atoms. The second-order valence-electron chi connectivity index (χ2n) is 3.52. The molecule has 0 saturated carbocycles.